The molecule has 0 aliphatic heterocycles. The zero-order valence-electron chi connectivity index (χ0n) is 15.0. The van der Waals surface area contributed by atoms with Gasteiger partial charge in [0.2, 0.25) is 5.91 Å². The molecule has 2 rings (SSSR count). The van der Waals surface area contributed by atoms with Gasteiger partial charge in [-0.25, -0.2) is 0 Å². The molecule has 0 fully saturated rings. The van der Waals surface area contributed by atoms with Gasteiger partial charge in [-0.1, -0.05) is 30.7 Å². The number of nitrogens with one attached hydrogen (secondary N) is 1. The molecule has 134 valence electrons. The summed E-state index contributed by atoms with van der Waals surface area (Å²) in [5.41, 5.74) is 2.20. The summed E-state index contributed by atoms with van der Waals surface area (Å²) < 4.78 is 11.0. The molecular formula is C20H25NO3S. The van der Waals surface area contributed by atoms with Gasteiger partial charge in [0.15, 0.2) is 11.5 Å². The lowest BCUT2D eigenvalue weighted by atomic mass is 10.2. The van der Waals surface area contributed by atoms with Crippen LogP contribution in [0.15, 0.2) is 47.4 Å². The second-order valence-corrected chi connectivity index (χ2v) is 6.76. The summed E-state index contributed by atoms with van der Waals surface area (Å²) in [5, 5.41) is 2.94. The van der Waals surface area contributed by atoms with Gasteiger partial charge in [-0.05, 0) is 43.2 Å². The number of carbonyl (C=O) groups is 1. The van der Waals surface area contributed by atoms with E-state index in [-0.39, 0.29) is 5.91 Å². The number of amides is 1. The van der Waals surface area contributed by atoms with Crippen LogP contribution in [-0.4, -0.2) is 25.4 Å². The lowest BCUT2D eigenvalue weighted by Crippen LogP contribution is -2.24. The molecule has 0 aromatic heterocycles. The van der Waals surface area contributed by atoms with E-state index in [2.05, 4.69) is 24.4 Å². The van der Waals surface area contributed by atoms with Gasteiger partial charge in [0.05, 0.1) is 19.5 Å². The van der Waals surface area contributed by atoms with Gasteiger partial charge >= 0.3 is 0 Å². The fraction of sp³-hybridized carbons (Fsp3) is 0.350. The molecule has 0 aliphatic carbocycles. The van der Waals surface area contributed by atoms with Crippen molar-refractivity contribution >= 4 is 17.7 Å². The summed E-state index contributed by atoms with van der Waals surface area (Å²) in [6, 6.07) is 13.9. The maximum Gasteiger partial charge on any atom is 0.230 e. The van der Waals surface area contributed by atoms with Gasteiger partial charge in [-0.15, -0.1) is 11.8 Å². The normalized spacial score (nSPS) is 10.4. The minimum absolute atomic E-state index is 0.0100. The monoisotopic (exact) mass is 359 g/mol. The molecule has 0 saturated heterocycles. The molecule has 0 saturated carbocycles. The van der Waals surface area contributed by atoms with Gasteiger partial charge in [-0.3, -0.25) is 4.79 Å². The summed E-state index contributed by atoms with van der Waals surface area (Å²) >= 11 is 1.53. The molecular weight excluding hydrogens is 334 g/mol. The zero-order chi connectivity index (χ0) is 18.1. The first-order valence-electron chi connectivity index (χ1n) is 8.38. The summed E-state index contributed by atoms with van der Waals surface area (Å²) in [4.78, 5) is 13.1. The van der Waals surface area contributed by atoms with Crippen LogP contribution in [0.4, 0.5) is 0 Å². The van der Waals surface area contributed by atoms with Gasteiger partial charge in [0.1, 0.15) is 0 Å². The Morgan fingerprint density at radius 2 is 1.88 bits per heavy atom. The molecule has 4 nitrogen and oxygen atoms in total. The number of rotatable bonds is 9. The largest absolute Gasteiger partial charge is 0.493 e. The second-order valence-electron chi connectivity index (χ2n) is 5.71. The van der Waals surface area contributed by atoms with Crippen molar-refractivity contribution in [2.24, 2.45) is 0 Å². The molecule has 0 aliphatic rings. The van der Waals surface area contributed by atoms with E-state index in [9.17, 15) is 4.79 Å². The molecule has 0 radical (unpaired) electrons. The Morgan fingerprint density at radius 1 is 1.12 bits per heavy atom. The Labute approximate surface area is 153 Å². The van der Waals surface area contributed by atoms with Crippen molar-refractivity contribution in [1.29, 1.82) is 0 Å². The Morgan fingerprint density at radius 3 is 2.56 bits per heavy atom. The number of benzene rings is 2. The lowest BCUT2D eigenvalue weighted by molar-refractivity contribution is -0.118. The quantitative estimate of drug-likeness (QED) is 0.682. The van der Waals surface area contributed by atoms with Crippen molar-refractivity contribution in [3.8, 4) is 11.5 Å². The van der Waals surface area contributed by atoms with E-state index in [0.29, 0.717) is 24.7 Å². The van der Waals surface area contributed by atoms with E-state index in [1.165, 1.54) is 17.3 Å². The predicted octanol–water partition coefficient (Wildman–Crippen LogP) is 4.20. The molecule has 0 spiro atoms. The number of aryl methyl sites for hydroxylation is 1. The molecule has 1 amide bonds. The molecule has 25 heavy (non-hydrogen) atoms. The van der Waals surface area contributed by atoms with Crippen molar-refractivity contribution in [3.05, 3.63) is 53.6 Å². The molecule has 5 heteroatoms. The molecule has 1 N–H and O–H groups in total. The van der Waals surface area contributed by atoms with E-state index < -0.39 is 0 Å². The minimum Gasteiger partial charge on any atom is -0.493 e. The number of hydrogen-bond donors (Lipinski definition) is 1. The topological polar surface area (TPSA) is 47.6 Å². The first kappa shape index (κ1) is 19.2. The standard InChI is InChI=1S/C20H25NO3S/c1-4-11-24-18-10-7-16(12-19(18)23-3)13-21-20(22)14-25-17-8-5-15(2)6-9-17/h5-10,12H,4,11,13-14H2,1-3H3,(H,21,22). The molecule has 0 bridgehead atoms. The fourth-order valence-electron chi connectivity index (χ4n) is 2.19. The van der Waals surface area contributed by atoms with Crippen molar-refractivity contribution in [3.63, 3.8) is 0 Å². The van der Waals surface area contributed by atoms with Crippen molar-refractivity contribution in [2.45, 2.75) is 31.7 Å². The molecule has 2 aromatic rings. The molecule has 0 atom stereocenters. The number of ether oxygens (including phenoxy) is 2. The molecule has 0 unspecified atom stereocenters. The van der Waals surface area contributed by atoms with E-state index in [1.807, 2.05) is 37.3 Å². The van der Waals surface area contributed by atoms with Gasteiger partial charge in [0.25, 0.3) is 0 Å². The van der Waals surface area contributed by atoms with E-state index in [1.54, 1.807) is 7.11 Å². The van der Waals surface area contributed by atoms with Crippen LogP contribution < -0.4 is 14.8 Å². The highest BCUT2D eigenvalue weighted by Crippen LogP contribution is 2.28. The number of methoxy groups -OCH3 is 1. The predicted molar refractivity (Wildman–Crippen MR) is 103 cm³/mol. The van der Waals surface area contributed by atoms with Gasteiger partial charge in [-0.2, -0.15) is 0 Å². The third-order valence-electron chi connectivity index (χ3n) is 3.57. The van der Waals surface area contributed by atoms with Crippen LogP contribution in [0.1, 0.15) is 24.5 Å². The molecule has 0 heterocycles. The maximum absolute atomic E-state index is 12.0. The maximum atomic E-state index is 12.0. The summed E-state index contributed by atoms with van der Waals surface area (Å²) in [5.74, 6) is 1.83. The third kappa shape index (κ3) is 6.35. The van der Waals surface area contributed by atoms with Crippen LogP contribution in [0, 0.1) is 6.92 Å². The highest BCUT2D eigenvalue weighted by Gasteiger charge is 2.07. The average molecular weight is 359 g/mol. The number of thioether (sulfide) groups is 1. The zero-order valence-corrected chi connectivity index (χ0v) is 15.8. The summed E-state index contributed by atoms with van der Waals surface area (Å²) in [6.07, 6.45) is 0.944. The Balaban J connectivity index is 1.83. The van der Waals surface area contributed by atoms with Crippen LogP contribution in [0.2, 0.25) is 0 Å². The Kier molecular flexibility index (Phi) is 7.67. The SMILES string of the molecule is CCCOc1ccc(CNC(=O)CSc2ccc(C)cc2)cc1OC. The van der Waals surface area contributed by atoms with E-state index >= 15 is 0 Å². The number of hydrogen-bond acceptors (Lipinski definition) is 4. The van der Waals surface area contributed by atoms with Crippen LogP contribution in [0.25, 0.3) is 0 Å². The first-order chi connectivity index (χ1) is 12.1. The van der Waals surface area contributed by atoms with E-state index in [0.717, 1.165) is 22.6 Å². The lowest BCUT2D eigenvalue weighted by Gasteiger charge is -2.12. The van der Waals surface area contributed by atoms with Crippen LogP contribution in [0.3, 0.4) is 0 Å². The van der Waals surface area contributed by atoms with Crippen molar-refractivity contribution in [1.82, 2.24) is 5.32 Å². The van der Waals surface area contributed by atoms with Gasteiger partial charge < -0.3 is 14.8 Å². The average Bonchev–Trinajstić information content (AvgIpc) is 2.64. The van der Waals surface area contributed by atoms with Crippen LogP contribution in [-0.2, 0) is 11.3 Å². The Hall–Kier alpha value is -2.14. The fourth-order valence-corrected chi connectivity index (χ4v) is 2.92. The number of carbonyl (C=O) groups excluding carboxylic acids is 1. The molecule has 2 aromatic carbocycles. The highest BCUT2D eigenvalue weighted by atomic mass is 32.2. The summed E-state index contributed by atoms with van der Waals surface area (Å²) in [6.45, 7) is 5.24. The Bertz CT molecular complexity index is 686. The summed E-state index contributed by atoms with van der Waals surface area (Å²) in [7, 11) is 1.62. The minimum atomic E-state index is 0.0100. The smallest absolute Gasteiger partial charge is 0.230 e. The third-order valence-corrected chi connectivity index (χ3v) is 4.58. The first-order valence-corrected chi connectivity index (χ1v) is 9.36. The van der Waals surface area contributed by atoms with Crippen molar-refractivity contribution < 1.29 is 14.3 Å². The second kappa shape index (κ2) is 9.99. The van der Waals surface area contributed by atoms with Gasteiger partial charge in [0, 0.05) is 11.4 Å². The van der Waals surface area contributed by atoms with E-state index in [4.69, 9.17) is 9.47 Å². The van der Waals surface area contributed by atoms with Crippen LogP contribution >= 0.6 is 11.8 Å². The van der Waals surface area contributed by atoms with Crippen LogP contribution in [0.5, 0.6) is 11.5 Å². The highest BCUT2D eigenvalue weighted by molar-refractivity contribution is 8.00. The van der Waals surface area contributed by atoms with Crippen molar-refractivity contribution in [2.75, 3.05) is 19.5 Å².